The predicted molar refractivity (Wildman–Crippen MR) is 93.6 cm³/mol. The van der Waals surface area contributed by atoms with Crippen molar-refractivity contribution in [2.24, 2.45) is 5.92 Å². The number of fused-ring (bicyclic) bond motifs is 1. The Balaban J connectivity index is 1.75. The summed E-state index contributed by atoms with van der Waals surface area (Å²) in [5, 5.41) is 12.2. The molecule has 2 atom stereocenters. The predicted octanol–water partition coefficient (Wildman–Crippen LogP) is 2.80. The minimum absolute atomic E-state index is 0.252. The lowest BCUT2D eigenvalue weighted by molar-refractivity contribution is -0.143. The average Bonchev–Trinajstić information content (AvgIpc) is 2.61. The van der Waals surface area contributed by atoms with E-state index in [0.29, 0.717) is 12.0 Å². The lowest BCUT2D eigenvalue weighted by Crippen LogP contribution is -2.41. The summed E-state index contributed by atoms with van der Waals surface area (Å²) in [5.74, 6) is -0.993. The number of carboxylic acid groups (broad SMARTS) is 1. The molecule has 1 aliphatic rings. The summed E-state index contributed by atoms with van der Waals surface area (Å²) < 4.78 is 5.63. The third kappa shape index (κ3) is 3.65. The van der Waals surface area contributed by atoms with Crippen LogP contribution in [0.25, 0.3) is 0 Å². The summed E-state index contributed by atoms with van der Waals surface area (Å²) in [5.41, 5.74) is 3.61. The third-order valence-corrected chi connectivity index (χ3v) is 4.65. The Morgan fingerprint density at radius 3 is 2.64 bits per heavy atom. The van der Waals surface area contributed by atoms with Crippen LogP contribution in [0.3, 0.4) is 0 Å². The first-order chi connectivity index (χ1) is 12.0. The molecule has 0 saturated carbocycles. The summed E-state index contributed by atoms with van der Waals surface area (Å²) >= 11 is 0. The van der Waals surface area contributed by atoms with E-state index in [0.717, 1.165) is 22.4 Å². The van der Waals surface area contributed by atoms with E-state index < -0.39 is 17.9 Å². The first-order valence-electron chi connectivity index (χ1n) is 8.26. The fourth-order valence-electron chi connectivity index (χ4n) is 2.99. The lowest BCUT2D eigenvalue weighted by Gasteiger charge is -2.26. The van der Waals surface area contributed by atoms with Crippen molar-refractivity contribution >= 4 is 11.9 Å². The number of benzene rings is 2. The first kappa shape index (κ1) is 17.0. The molecule has 1 heterocycles. The van der Waals surface area contributed by atoms with Gasteiger partial charge in [-0.15, -0.1) is 0 Å². The summed E-state index contributed by atoms with van der Waals surface area (Å²) in [6.07, 6.45) is 0.543. The molecule has 1 aliphatic heterocycles. The zero-order valence-corrected chi connectivity index (χ0v) is 14.3. The minimum atomic E-state index is -1.08. The van der Waals surface area contributed by atoms with E-state index in [-0.39, 0.29) is 12.5 Å². The Bertz CT molecular complexity index is 815. The second kappa shape index (κ2) is 6.97. The average molecular weight is 339 g/mol. The molecule has 0 bridgehead atoms. The number of nitrogens with one attached hydrogen (secondary N) is 1. The number of aryl methyl sites for hydroxylation is 2. The fraction of sp³-hybridized carbons (Fsp3) is 0.300. The molecule has 0 aromatic heterocycles. The summed E-state index contributed by atoms with van der Waals surface area (Å²) in [6, 6.07) is 11.9. The van der Waals surface area contributed by atoms with Crippen LogP contribution in [0.1, 0.15) is 28.3 Å². The van der Waals surface area contributed by atoms with Gasteiger partial charge >= 0.3 is 5.97 Å². The highest BCUT2D eigenvalue weighted by Gasteiger charge is 2.30. The Morgan fingerprint density at radius 2 is 1.92 bits per heavy atom. The Kier molecular flexibility index (Phi) is 4.74. The van der Waals surface area contributed by atoms with Crippen molar-refractivity contribution in [3.8, 4) is 5.75 Å². The van der Waals surface area contributed by atoms with E-state index in [4.69, 9.17) is 4.74 Å². The van der Waals surface area contributed by atoms with Crippen LogP contribution in [0.4, 0.5) is 0 Å². The number of hydrogen-bond acceptors (Lipinski definition) is 3. The van der Waals surface area contributed by atoms with Gasteiger partial charge in [0.2, 0.25) is 5.91 Å². The van der Waals surface area contributed by atoms with Crippen LogP contribution < -0.4 is 10.1 Å². The van der Waals surface area contributed by atoms with Gasteiger partial charge < -0.3 is 15.2 Å². The van der Waals surface area contributed by atoms with Crippen molar-refractivity contribution in [1.82, 2.24) is 5.32 Å². The number of para-hydroxylation sites is 1. The highest BCUT2D eigenvalue weighted by atomic mass is 16.5. The van der Waals surface area contributed by atoms with Gasteiger partial charge in [0.25, 0.3) is 0 Å². The molecule has 0 radical (unpaired) electrons. The number of ether oxygens (including phenoxy) is 1. The van der Waals surface area contributed by atoms with Gasteiger partial charge in [-0.05, 0) is 48.6 Å². The number of carbonyl (C=O) groups excluding carboxylic acids is 1. The summed E-state index contributed by atoms with van der Waals surface area (Å²) in [6.45, 7) is 4.14. The fourth-order valence-corrected chi connectivity index (χ4v) is 2.99. The van der Waals surface area contributed by atoms with Crippen LogP contribution in [0.2, 0.25) is 0 Å². The molecular weight excluding hydrogens is 318 g/mol. The number of amides is 1. The molecule has 2 N–H and O–H groups in total. The molecule has 2 unspecified atom stereocenters. The van der Waals surface area contributed by atoms with Crippen LogP contribution >= 0.6 is 0 Å². The van der Waals surface area contributed by atoms with Gasteiger partial charge in [-0.3, -0.25) is 4.79 Å². The second-order valence-electron chi connectivity index (χ2n) is 6.44. The summed E-state index contributed by atoms with van der Waals surface area (Å²) in [4.78, 5) is 24.3. The molecule has 0 spiro atoms. The van der Waals surface area contributed by atoms with Gasteiger partial charge in [-0.1, -0.05) is 36.4 Å². The van der Waals surface area contributed by atoms with E-state index in [1.165, 1.54) is 0 Å². The van der Waals surface area contributed by atoms with Gasteiger partial charge in [-0.25, -0.2) is 4.79 Å². The molecule has 0 aliphatic carbocycles. The molecular formula is C20H21NO4. The maximum absolute atomic E-state index is 12.6. The molecule has 1 amide bonds. The standard InChI is InChI=1S/C20H21NO4/c1-12-7-8-15(9-13(12)2)18(20(23)24)21-19(22)16-10-14-5-3-4-6-17(14)25-11-16/h3-9,16,18H,10-11H2,1-2H3,(H,21,22)(H,23,24). The van der Waals surface area contributed by atoms with Crippen molar-refractivity contribution in [1.29, 1.82) is 0 Å². The largest absolute Gasteiger partial charge is 0.492 e. The van der Waals surface area contributed by atoms with E-state index >= 15 is 0 Å². The van der Waals surface area contributed by atoms with Crippen molar-refractivity contribution < 1.29 is 19.4 Å². The highest BCUT2D eigenvalue weighted by Crippen LogP contribution is 2.27. The van der Waals surface area contributed by atoms with Gasteiger partial charge in [0.05, 0.1) is 5.92 Å². The SMILES string of the molecule is Cc1ccc(C(NC(=O)C2COc3ccccc3C2)C(=O)O)cc1C. The van der Waals surface area contributed by atoms with Crippen LogP contribution in [0.5, 0.6) is 5.75 Å². The van der Waals surface area contributed by atoms with E-state index in [1.54, 1.807) is 12.1 Å². The quantitative estimate of drug-likeness (QED) is 0.898. The zero-order chi connectivity index (χ0) is 18.0. The van der Waals surface area contributed by atoms with Crippen LogP contribution in [0, 0.1) is 19.8 Å². The zero-order valence-electron chi connectivity index (χ0n) is 14.3. The maximum Gasteiger partial charge on any atom is 0.330 e. The number of rotatable bonds is 4. The molecule has 2 aromatic carbocycles. The van der Waals surface area contributed by atoms with Crippen molar-refractivity contribution in [2.45, 2.75) is 26.3 Å². The third-order valence-electron chi connectivity index (χ3n) is 4.65. The first-order valence-corrected chi connectivity index (χ1v) is 8.26. The Labute approximate surface area is 146 Å². The maximum atomic E-state index is 12.6. The van der Waals surface area contributed by atoms with Crippen molar-refractivity contribution in [2.75, 3.05) is 6.61 Å². The molecule has 130 valence electrons. The van der Waals surface area contributed by atoms with Crippen LogP contribution in [-0.4, -0.2) is 23.6 Å². The minimum Gasteiger partial charge on any atom is -0.492 e. The molecule has 5 heteroatoms. The lowest BCUT2D eigenvalue weighted by atomic mass is 9.95. The second-order valence-corrected chi connectivity index (χ2v) is 6.44. The Morgan fingerprint density at radius 1 is 1.16 bits per heavy atom. The molecule has 25 heavy (non-hydrogen) atoms. The molecule has 0 fully saturated rings. The number of aliphatic carboxylic acids is 1. The van der Waals surface area contributed by atoms with Crippen LogP contribution in [-0.2, 0) is 16.0 Å². The highest BCUT2D eigenvalue weighted by molar-refractivity contribution is 5.86. The molecule has 3 rings (SSSR count). The van der Waals surface area contributed by atoms with Crippen molar-refractivity contribution in [3.63, 3.8) is 0 Å². The van der Waals surface area contributed by atoms with E-state index in [2.05, 4.69) is 5.32 Å². The van der Waals surface area contributed by atoms with E-state index in [1.807, 2.05) is 44.2 Å². The normalized spacial score (nSPS) is 17.1. The van der Waals surface area contributed by atoms with Gasteiger partial charge in [0, 0.05) is 0 Å². The van der Waals surface area contributed by atoms with E-state index in [9.17, 15) is 14.7 Å². The Hall–Kier alpha value is -2.82. The molecule has 2 aromatic rings. The monoisotopic (exact) mass is 339 g/mol. The summed E-state index contributed by atoms with van der Waals surface area (Å²) in [7, 11) is 0. The van der Waals surface area contributed by atoms with Crippen LogP contribution in [0.15, 0.2) is 42.5 Å². The molecule has 5 nitrogen and oxygen atoms in total. The van der Waals surface area contributed by atoms with Gasteiger partial charge in [0.1, 0.15) is 12.4 Å². The topological polar surface area (TPSA) is 75.6 Å². The smallest absolute Gasteiger partial charge is 0.330 e. The molecule has 0 saturated heterocycles. The number of hydrogen-bond donors (Lipinski definition) is 2. The number of carboxylic acids is 1. The van der Waals surface area contributed by atoms with Crippen molar-refractivity contribution in [3.05, 3.63) is 64.7 Å². The number of carbonyl (C=O) groups is 2. The van der Waals surface area contributed by atoms with Gasteiger partial charge in [-0.2, -0.15) is 0 Å². The van der Waals surface area contributed by atoms with Gasteiger partial charge in [0.15, 0.2) is 6.04 Å².